The van der Waals surface area contributed by atoms with Crippen molar-refractivity contribution in [3.05, 3.63) is 0 Å². The smallest absolute Gasteiger partial charge is 0.326 e. The summed E-state index contributed by atoms with van der Waals surface area (Å²) in [7, 11) is 0. The molecule has 0 spiro atoms. The number of nitrogens with one attached hydrogen (secondary N) is 2. The lowest BCUT2D eigenvalue weighted by Crippen LogP contribution is -2.57. The summed E-state index contributed by atoms with van der Waals surface area (Å²) in [5.74, 6) is -2.48. The van der Waals surface area contributed by atoms with Crippen molar-refractivity contribution in [1.82, 2.24) is 15.5 Å². The van der Waals surface area contributed by atoms with Crippen LogP contribution in [0.4, 0.5) is 0 Å². The first-order valence-electron chi connectivity index (χ1n) is 11.9. The number of nitrogens with zero attached hydrogens (tertiary/aromatic N) is 1. The normalized spacial score (nSPS) is 18.6. The number of carbonyl (C=O) groups excluding carboxylic acids is 3. The van der Waals surface area contributed by atoms with Gasteiger partial charge in [-0.3, -0.25) is 14.4 Å². The minimum atomic E-state index is -1.12. The molecule has 1 aliphatic rings. The Morgan fingerprint density at radius 2 is 1.55 bits per heavy atom. The summed E-state index contributed by atoms with van der Waals surface area (Å²) in [5.41, 5.74) is 17.0. The molecule has 0 aromatic carbocycles. The van der Waals surface area contributed by atoms with Gasteiger partial charge >= 0.3 is 5.97 Å². The van der Waals surface area contributed by atoms with Gasteiger partial charge in [0.2, 0.25) is 17.7 Å². The van der Waals surface area contributed by atoms with Gasteiger partial charge in [0.1, 0.15) is 18.1 Å². The molecule has 4 atom stereocenters. The summed E-state index contributed by atoms with van der Waals surface area (Å²) in [6, 6.07) is -3.38. The van der Waals surface area contributed by atoms with Gasteiger partial charge in [-0.15, -0.1) is 0 Å². The Morgan fingerprint density at radius 1 is 0.970 bits per heavy atom. The van der Waals surface area contributed by atoms with Gasteiger partial charge in [0.15, 0.2) is 0 Å². The van der Waals surface area contributed by atoms with Crippen molar-refractivity contribution in [1.29, 1.82) is 0 Å². The lowest BCUT2D eigenvalue weighted by molar-refractivity contribution is -0.145. The molecule has 11 heteroatoms. The third-order valence-corrected chi connectivity index (χ3v) is 5.98. The Hall–Kier alpha value is -2.24. The summed E-state index contributed by atoms with van der Waals surface area (Å²) in [4.78, 5) is 51.8. The lowest BCUT2D eigenvalue weighted by atomic mass is 10.0. The second kappa shape index (κ2) is 14.8. The van der Waals surface area contributed by atoms with Gasteiger partial charge in [0.05, 0.1) is 6.04 Å². The Morgan fingerprint density at radius 3 is 2.06 bits per heavy atom. The predicted octanol–water partition coefficient (Wildman–Crippen LogP) is -0.727. The number of likely N-dealkylation sites (tertiary alicyclic amines) is 1. The quantitative estimate of drug-likeness (QED) is 0.169. The van der Waals surface area contributed by atoms with Crippen LogP contribution in [0.15, 0.2) is 0 Å². The summed E-state index contributed by atoms with van der Waals surface area (Å²) in [5, 5.41) is 14.8. The minimum absolute atomic E-state index is 0.0951. The molecular weight excluding hydrogens is 428 g/mol. The van der Waals surface area contributed by atoms with Gasteiger partial charge in [0.25, 0.3) is 0 Å². The molecule has 0 aromatic rings. The number of carboxylic acids is 1. The van der Waals surface area contributed by atoms with Gasteiger partial charge in [-0.05, 0) is 70.4 Å². The molecule has 0 aliphatic carbocycles. The number of hydrogen-bond donors (Lipinski definition) is 6. The maximum Gasteiger partial charge on any atom is 0.326 e. The van der Waals surface area contributed by atoms with Crippen LogP contribution < -0.4 is 27.8 Å². The summed E-state index contributed by atoms with van der Waals surface area (Å²) in [6.07, 6.45) is 4.27. The molecule has 1 aliphatic heterocycles. The maximum atomic E-state index is 13.3. The fourth-order valence-electron chi connectivity index (χ4n) is 3.84. The van der Waals surface area contributed by atoms with Gasteiger partial charge in [-0.1, -0.05) is 13.8 Å². The molecule has 1 saturated heterocycles. The van der Waals surface area contributed by atoms with Crippen molar-refractivity contribution in [3.63, 3.8) is 0 Å². The summed E-state index contributed by atoms with van der Waals surface area (Å²) < 4.78 is 0. The molecule has 3 amide bonds. The van der Waals surface area contributed by atoms with E-state index in [-0.39, 0.29) is 18.2 Å². The Bertz CT molecular complexity index is 659. The monoisotopic (exact) mass is 470 g/mol. The van der Waals surface area contributed by atoms with E-state index in [2.05, 4.69) is 10.6 Å². The lowest BCUT2D eigenvalue weighted by Gasteiger charge is -2.30. The largest absolute Gasteiger partial charge is 0.480 e. The highest BCUT2D eigenvalue weighted by Crippen LogP contribution is 2.20. The van der Waals surface area contributed by atoms with Crippen molar-refractivity contribution in [2.24, 2.45) is 23.1 Å². The van der Waals surface area contributed by atoms with E-state index in [4.69, 9.17) is 17.2 Å². The van der Waals surface area contributed by atoms with Gasteiger partial charge < -0.3 is 37.8 Å². The van der Waals surface area contributed by atoms with Crippen LogP contribution in [0.3, 0.4) is 0 Å². The van der Waals surface area contributed by atoms with Crippen molar-refractivity contribution in [2.45, 2.75) is 89.4 Å². The van der Waals surface area contributed by atoms with E-state index >= 15 is 0 Å². The van der Waals surface area contributed by atoms with E-state index < -0.39 is 42.0 Å². The standard InChI is InChI=1S/C22H42N6O5/c1-14(2)18(25)20(30)26-15(8-3-5-11-23)21(31)28-13-7-10-17(28)19(29)27-16(22(32)33)9-4-6-12-24/h14-18H,3-13,23-25H2,1-2H3,(H,26,30)(H,27,29)(H,32,33). The SMILES string of the molecule is CC(C)C(N)C(=O)NC(CCCCN)C(=O)N1CCCC1C(=O)NC(CCCCN)C(=O)O. The average molecular weight is 471 g/mol. The fourth-order valence-corrected chi connectivity index (χ4v) is 3.84. The van der Waals surface area contributed by atoms with E-state index in [1.165, 1.54) is 4.90 Å². The Labute approximate surface area is 196 Å². The molecule has 33 heavy (non-hydrogen) atoms. The van der Waals surface area contributed by atoms with Crippen LogP contribution >= 0.6 is 0 Å². The molecule has 190 valence electrons. The van der Waals surface area contributed by atoms with Crippen LogP contribution in [0.25, 0.3) is 0 Å². The molecule has 0 radical (unpaired) electrons. The first-order valence-corrected chi connectivity index (χ1v) is 11.9. The fraction of sp³-hybridized carbons (Fsp3) is 0.818. The molecule has 4 unspecified atom stereocenters. The summed E-state index contributed by atoms with van der Waals surface area (Å²) >= 11 is 0. The molecule has 11 nitrogen and oxygen atoms in total. The zero-order chi connectivity index (χ0) is 25.0. The number of amides is 3. The van der Waals surface area contributed by atoms with Gasteiger partial charge in [-0.2, -0.15) is 0 Å². The number of hydrogen-bond acceptors (Lipinski definition) is 7. The average Bonchev–Trinajstić information content (AvgIpc) is 3.26. The van der Waals surface area contributed by atoms with E-state index in [9.17, 15) is 24.3 Å². The second-order valence-corrected chi connectivity index (χ2v) is 8.99. The molecule has 1 rings (SSSR count). The zero-order valence-corrected chi connectivity index (χ0v) is 19.9. The molecular formula is C22H42N6O5. The number of aliphatic carboxylic acids is 1. The number of carbonyl (C=O) groups is 4. The first kappa shape index (κ1) is 28.8. The predicted molar refractivity (Wildman–Crippen MR) is 125 cm³/mol. The van der Waals surface area contributed by atoms with E-state index in [1.54, 1.807) is 0 Å². The highest BCUT2D eigenvalue weighted by molar-refractivity contribution is 5.94. The second-order valence-electron chi connectivity index (χ2n) is 8.99. The first-order chi connectivity index (χ1) is 15.6. The minimum Gasteiger partial charge on any atom is -0.480 e. The van der Waals surface area contributed by atoms with Crippen LogP contribution in [0.1, 0.15) is 65.2 Å². The highest BCUT2D eigenvalue weighted by Gasteiger charge is 2.39. The van der Waals surface area contributed by atoms with Crippen LogP contribution in [-0.2, 0) is 19.2 Å². The van der Waals surface area contributed by atoms with E-state index in [0.29, 0.717) is 64.6 Å². The number of nitrogens with two attached hydrogens (primary N) is 3. The molecule has 0 bridgehead atoms. The third-order valence-electron chi connectivity index (χ3n) is 5.98. The zero-order valence-electron chi connectivity index (χ0n) is 19.9. The molecule has 0 aromatic heterocycles. The number of unbranched alkanes of at least 4 members (excludes halogenated alkanes) is 2. The Balaban J connectivity index is 2.90. The number of rotatable bonds is 15. The molecule has 1 heterocycles. The molecule has 0 saturated carbocycles. The van der Waals surface area contributed by atoms with E-state index in [0.717, 1.165) is 0 Å². The van der Waals surface area contributed by atoms with Crippen molar-refractivity contribution < 1.29 is 24.3 Å². The molecule has 1 fully saturated rings. The highest BCUT2D eigenvalue weighted by atomic mass is 16.4. The van der Waals surface area contributed by atoms with Crippen LogP contribution in [-0.4, -0.2) is 77.5 Å². The van der Waals surface area contributed by atoms with Gasteiger partial charge in [0, 0.05) is 6.54 Å². The van der Waals surface area contributed by atoms with Crippen molar-refractivity contribution in [3.8, 4) is 0 Å². The Kier molecular flexibility index (Phi) is 12.9. The van der Waals surface area contributed by atoms with E-state index in [1.807, 2.05) is 13.8 Å². The van der Waals surface area contributed by atoms with Crippen LogP contribution in [0.5, 0.6) is 0 Å². The topological polar surface area (TPSA) is 194 Å². The summed E-state index contributed by atoms with van der Waals surface area (Å²) in [6.45, 7) is 4.92. The van der Waals surface area contributed by atoms with Gasteiger partial charge in [-0.25, -0.2) is 4.79 Å². The van der Waals surface area contributed by atoms with Crippen LogP contribution in [0.2, 0.25) is 0 Å². The maximum absolute atomic E-state index is 13.3. The molecule has 9 N–H and O–H groups in total. The number of carboxylic acid groups (broad SMARTS) is 1. The van der Waals surface area contributed by atoms with Crippen LogP contribution in [0, 0.1) is 5.92 Å². The third kappa shape index (κ3) is 9.26. The van der Waals surface area contributed by atoms with Crippen molar-refractivity contribution in [2.75, 3.05) is 19.6 Å². The van der Waals surface area contributed by atoms with Crippen molar-refractivity contribution >= 4 is 23.7 Å².